The van der Waals surface area contributed by atoms with Gasteiger partial charge in [0.2, 0.25) is 0 Å². The summed E-state index contributed by atoms with van der Waals surface area (Å²) in [4.78, 5) is 23.4. The third-order valence-electron chi connectivity index (χ3n) is 2.83. The van der Waals surface area contributed by atoms with E-state index in [4.69, 9.17) is 4.74 Å². The van der Waals surface area contributed by atoms with E-state index >= 15 is 0 Å². The second-order valence-electron chi connectivity index (χ2n) is 4.51. The number of nitro groups is 1. The van der Waals surface area contributed by atoms with E-state index in [0.29, 0.717) is 5.69 Å². The molecule has 0 saturated heterocycles. The Balaban J connectivity index is 3.04. The van der Waals surface area contributed by atoms with Gasteiger partial charge in [-0.1, -0.05) is 0 Å². The van der Waals surface area contributed by atoms with Gasteiger partial charge in [-0.3, -0.25) is 14.9 Å². The van der Waals surface area contributed by atoms with Crippen molar-refractivity contribution in [3.63, 3.8) is 0 Å². The highest BCUT2D eigenvalue weighted by molar-refractivity contribution is 5.95. The first-order chi connectivity index (χ1) is 9.36. The van der Waals surface area contributed by atoms with Crippen molar-refractivity contribution in [3.05, 3.63) is 33.9 Å². The first kappa shape index (κ1) is 16.1. The van der Waals surface area contributed by atoms with Crippen LogP contribution in [-0.2, 0) is 4.74 Å². The van der Waals surface area contributed by atoms with Crippen LogP contribution in [0.2, 0.25) is 0 Å². The first-order valence-electron chi connectivity index (χ1n) is 6.04. The largest absolute Gasteiger partial charge is 0.389 e. The Morgan fingerprint density at radius 3 is 2.70 bits per heavy atom. The molecule has 1 atom stereocenters. The summed E-state index contributed by atoms with van der Waals surface area (Å²) in [5, 5.41) is 20.8. The fraction of sp³-hybridized carbons (Fsp3) is 0.462. The van der Waals surface area contributed by atoms with Gasteiger partial charge < -0.3 is 14.7 Å². The number of nitro benzene ring substituents is 1. The summed E-state index contributed by atoms with van der Waals surface area (Å²) in [6.07, 6.45) is -0.753. The van der Waals surface area contributed by atoms with E-state index in [1.165, 1.54) is 32.2 Å². The van der Waals surface area contributed by atoms with E-state index in [-0.39, 0.29) is 30.2 Å². The number of rotatable bonds is 7. The van der Waals surface area contributed by atoms with Crippen LogP contribution < -0.4 is 4.90 Å². The number of methoxy groups -OCH3 is 1. The molecule has 0 amide bonds. The highest BCUT2D eigenvalue weighted by Crippen LogP contribution is 2.28. The molecule has 110 valence electrons. The lowest BCUT2D eigenvalue weighted by Gasteiger charge is -2.22. The molecule has 0 heterocycles. The van der Waals surface area contributed by atoms with Crippen LogP contribution in [0.25, 0.3) is 0 Å². The number of Topliss-reactive ketones (excluding diaryl/α,β-unsaturated/α-hetero) is 1. The van der Waals surface area contributed by atoms with Gasteiger partial charge in [0.15, 0.2) is 5.78 Å². The maximum Gasteiger partial charge on any atom is 0.293 e. The minimum Gasteiger partial charge on any atom is -0.389 e. The van der Waals surface area contributed by atoms with Gasteiger partial charge in [-0.05, 0) is 19.1 Å². The van der Waals surface area contributed by atoms with Crippen LogP contribution >= 0.6 is 0 Å². The monoisotopic (exact) mass is 282 g/mol. The van der Waals surface area contributed by atoms with Crippen molar-refractivity contribution in [2.75, 3.05) is 32.2 Å². The second kappa shape index (κ2) is 6.97. The van der Waals surface area contributed by atoms with Crippen LogP contribution in [0.1, 0.15) is 17.3 Å². The van der Waals surface area contributed by atoms with Gasteiger partial charge in [0.05, 0.1) is 17.6 Å². The average molecular weight is 282 g/mol. The zero-order chi connectivity index (χ0) is 15.3. The number of ketones is 1. The van der Waals surface area contributed by atoms with Crippen LogP contribution in [0.5, 0.6) is 0 Å². The number of nitrogens with zero attached hydrogens (tertiary/aromatic N) is 2. The third kappa shape index (κ3) is 4.01. The number of carbonyl (C=O) groups excluding carboxylic acids is 1. The summed E-state index contributed by atoms with van der Waals surface area (Å²) >= 11 is 0. The summed E-state index contributed by atoms with van der Waals surface area (Å²) in [7, 11) is 3.10. The Kier molecular flexibility index (Phi) is 5.60. The van der Waals surface area contributed by atoms with Crippen LogP contribution in [0.15, 0.2) is 18.2 Å². The number of hydrogen-bond donors (Lipinski definition) is 1. The lowest BCUT2D eigenvalue weighted by Crippen LogP contribution is -2.32. The van der Waals surface area contributed by atoms with E-state index in [0.717, 1.165) is 0 Å². The second-order valence-corrected chi connectivity index (χ2v) is 4.51. The van der Waals surface area contributed by atoms with Crippen molar-refractivity contribution in [1.82, 2.24) is 0 Å². The molecular weight excluding hydrogens is 264 g/mol. The Labute approximate surface area is 116 Å². The van der Waals surface area contributed by atoms with E-state index in [1.54, 1.807) is 11.9 Å². The predicted octanol–water partition coefficient (Wildman–Crippen LogP) is 1.24. The Hall–Kier alpha value is -1.99. The third-order valence-corrected chi connectivity index (χ3v) is 2.83. The summed E-state index contributed by atoms with van der Waals surface area (Å²) < 4.78 is 4.81. The van der Waals surface area contributed by atoms with Crippen molar-refractivity contribution in [2.24, 2.45) is 0 Å². The van der Waals surface area contributed by atoms with Gasteiger partial charge in [-0.2, -0.15) is 0 Å². The zero-order valence-electron chi connectivity index (χ0n) is 11.7. The predicted molar refractivity (Wildman–Crippen MR) is 74.3 cm³/mol. The summed E-state index contributed by atoms with van der Waals surface area (Å²) in [5.41, 5.74) is 0.464. The SMILES string of the molecule is COCC(O)CN(C)c1ccc(C(C)=O)cc1[N+](=O)[O-]. The Morgan fingerprint density at radius 2 is 2.20 bits per heavy atom. The van der Waals surface area contributed by atoms with Crippen LogP contribution in [0.3, 0.4) is 0 Å². The van der Waals surface area contributed by atoms with Crippen molar-refractivity contribution in [3.8, 4) is 0 Å². The topological polar surface area (TPSA) is 92.9 Å². The van der Waals surface area contributed by atoms with Crippen molar-refractivity contribution < 1.29 is 19.6 Å². The van der Waals surface area contributed by atoms with Crippen LogP contribution in [0, 0.1) is 10.1 Å². The highest BCUT2D eigenvalue weighted by Gasteiger charge is 2.20. The number of likely N-dealkylation sites (N-methyl/N-ethyl adjacent to an activating group) is 1. The normalized spacial score (nSPS) is 12.0. The van der Waals surface area contributed by atoms with Gasteiger partial charge in [0.1, 0.15) is 5.69 Å². The molecule has 0 saturated carbocycles. The summed E-state index contributed by atoms with van der Waals surface area (Å²) in [5.74, 6) is -0.235. The lowest BCUT2D eigenvalue weighted by molar-refractivity contribution is -0.384. The molecule has 7 heteroatoms. The molecule has 0 spiro atoms. The van der Waals surface area contributed by atoms with E-state index in [2.05, 4.69) is 0 Å². The summed E-state index contributed by atoms with van der Waals surface area (Å²) in [6, 6.07) is 4.29. The van der Waals surface area contributed by atoms with Gasteiger partial charge in [0, 0.05) is 32.3 Å². The van der Waals surface area contributed by atoms with Crippen molar-refractivity contribution in [2.45, 2.75) is 13.0 Å². The molecular formula is C13H18N2O5. The molecule has 0 aromatic heterocycles. The smallest absolute Gasteiger partial charge is 0.293 e. The minimum absolute atomic E-state index is 0.143. The molecule has 1 rings (SSSR count). The number of ether oxygens (including phenoxy) is 1. The zero-order valence-corrected chi connectivity index (χ0v) is 11.7. The molecule has 20 heavy (non-hydrogen) atoms. The molecule has 0 radical (unpaired) electrons. The van der Waals surface area contributed by atoms with E-state index in [9.17, 15) is 20.0 Å². The van der Waals surface area contributed by atoms with Gasteiger partial charge in [-0.25, -0.2) is 0 Å². The maximum absolute atomic E-state index is 11.3. The average Bonchev–Trinajstić information content (AvgIpc) is 2.37. The number of anilines is 1. The van der Waals surface area contributed by atoms with Gasteiger partial charge in [-0.15, -0.1) is 0 Å². The van der Waals surface area contributed by atoms with E-state index < -0.39 is 11.0 Å². The number of carbonyl (C=O) groups is 1. The Morgan fingerprint density at radius 1 is 1.55 bits per heavy atom. The maximum atomic E-state index is 11.3. The van der Waals surface area contributed by atoms with Crippen molar-refractivity contribution in [1.29, 1.82) is 0 Å². The molecule has 1 N–H and O–H groups in total. The number of hydrogen-bond acceptors (Lipinski definition) is 6. The molecule has 0 aliphatic heterocycles. The molecule has 0 fully saturated rings. The molecule has 7 nitrogen and oxygen atoms in total. The molecule has 0 aliphatic carbocycles. The standard InChI is InChI=1S/C13H18N2O5/c1-9(16)10-4-5-12(13(6-10)15(18)19)14(2)7-11(17)8-20-3/h4-6,11,17H,7-8H2,1-3H3. The minimum atomic E-state index is -0.753. The van der Waals surface area contributed by atoms with Crippen LogP contribution in [-0.4, -0.2) is 49.2 Å². The van der Waals surface area contributed by atoms with E-state index in [1.807, 2.05) is 0 Å². The molecule has 0 aliphatic rings. The molecule has 0 bridgehead atoms. The summed E-state index contributed by atoms with van der Waals surface area (Å²) in [6.45, 7) is 1.68. The first-order valence-corrected chi connectivity index (χ1v) is 6.04. The molecule has 1 aromatic carbocycles. The molecule has 1 unspecified atom stereocenters. The number of benzene rings is 1. The Bertz CT molecular complexity index is 504. The fourth-order valence-corrected chi connectivity index (χ4v) is 1.87. The van der Waals surface area contributed by atoms with Gasteiger partial charge >= 0.3 is 0 Å². The van der Waals surface area contributed by atoms with Crippen LogP contribution in [0.4, 0.5) is 11.4 Å². The number of aliphatic hydroxyl groups is 1. The highest BCUT2D eigenvalue weighted by atomic mass is 16.6. The molecule has 1 aromatic rings. The number of aliphatic hydroxyl groups excluding tert-OH is 1. The van der Waals surface area contributed by atoms with Gasteiger partial charge in [0.25, 0.3) is 5.69 Å². The fourth-order valence-electron chi connectivity index (χ4n) is 1.87. The van der Waals surface area contributed by atoms with Crippen molar-refractivity contribution >= 4 is 17.2 Å². The lowest BCUT2D eigenvalue weighted by atomic mass is 10.1. The quantitative estimate of drug-likeness (QED) is 0.459.